The van der Waals surface area contributed by atoms with Crippen molar-refractivity contribution in [3.05, 3.63) is 39.7 Å². The summed E-state index contributed by atoms with van der Waals surface area (Å²) in [5.74, 6) is -8.12. The van der Waals surface area contributed by atoms with Crippen molar-refractivity contribution in [3.8, 4) is 0 Å². The highest BCUT2D eigenvalue weighted by molar-refractivity contribution is 5.93. The van der Waals surface area contributed by atoms with Gasteiger partial charge in [0.15, 0.2) is 5.82 Å². The Kier molecular flexibility index (Phi) is 4.95. The Morgan fingerprint density at radius 3 is 2.67 bits per heavy atom. The average Bonchev–Trinajstić information content (AvgIpc) is 3.09. The second-order valence-corrected chi connectivity index (χ2v) is 7.56. The van der Waals surface area contributed by atoms with Crippen molar-refractivity contribution < 1.29 is 31.9 Å². The summed E-state index contributed by atoms with van der Waals surface area (Å²) in [5, 5.41) is 11.6. The summed E-state index contributed by atoms with van der Waals surface area (Å²) in [7, 11) is 0. The van der Waals surface area contributed by atoms with Crippen molar-refractivity contribution in [1.29, 1.82) is 0 Å². The van der Waals surface area contributed by atoms with Gasteiger partial charge >= 0.3 is 5.97 Å². The minimum absolute atomic E-state index is 0.0693. The van der Waals surface area contributed by atoms with Crippen LogP contribution in [-0.4, -0.2) is 53.9 Å². The summed E-state index contributed by atoms with van der Waals surface area (Å²) in [4.78, 5) is 24.9. The van der Waals surface area contributed by atoms with Gasteiger partial charge in [0.2, 0.25) is 5.43 Å². The summed E-state index contributed by atoms with van der Waals surface area (Å²) in [6.45, 7) is -1.75. The number of nitrogens with zero attached hydrogens (tertiary/aromatic N) is 2. The maximum Gasteiger partial charge on any atom is 0.341 e. The Morgan fingerprint density at radius 1 is 1.30 bits per heavy atom. The van der Waals surface area contributed by atoms with Gasteiger partial charge in [0.25, 0.3) is 5.92 Å². The molecule has 0 saturated carbocycles. The zero-order valence-corrected chi connectivity index (χ0v) is 15.6. The van der Waals surface area contributed by atoms with Crippen LogP contribution in [0.5, 0.6) is 0 Å². The molecule has 2 aliphatic heterocycles. The van der Waals surface area contributed by atoms with Crippen LogP contribution in [0.2, 0.25) is 0 Å². The standard InChI is InChI=1S/C19H18F5N3O3/c20-2-4-26-6-10(18(29)30)17(28)9-5-12(21)16(14(22)15(9)26)27-7-11-13(8-27)25-3-1-19(11,23)24/h5-6,11,13,25H,1-4,7-8H2,(H,29,30). The molecule has 2 aliphatic rings. The van der Waals surface area contributed by atoms with Gasteiger partial charge in [-0.1, -0.05) is 0 Å². The lowest BCUT2D eigenvalue weighted by Gasteiger charge is -2.33. The number of carboxylic acid groups (broad SMARTS) is 1. The lowest BCUT2D eigenvalue weighted by atomic mass is 9.90. The smallest absolute Gasteiger partial charge is 0.341 e. The summed E-state index contributed by atoms with van der Waals surface area (Å²) in [5.41, 5.74) is -2.92. The van der Waals surface area contributed by atoms with E-state index in [2.05, 4.69) is 5.32 Å². The predicted octanol–water partition coefficient (Wildman–Crippen LogP) is 2.38. The fourth-order valence-corrected chi connectivity index (χ4v) is 4.42. The predicted molar refractivity (Wildman–Crippen MR) is 98.1 cm³/mol. The summed E-state index contributed by atoms with van der Waals surface area (Å²) in [6.07, 6.45) is 0.426. The first kappa shape index (κ1) is 20.6. The van der Waals surface area contributed by atoms with Gasteiger partial charge in [0.1, 0.15) is 23.7 Å². The maximum absolute atomic E-state index is 15.4. The zero-order valence-electron chi connectivity index (χ0n) is 15.6. The molecule has 162 valence electrons. The minimum atomic E-state index is -2.98. The van der Waals surface area contributed by atoms with E-state index < -0.39 is 76.3 Å². The van der Waals surface area contributed by atoms with Crippen molar-refractivity contribution in [2.45, 2.75) is 24.9 Å². The SMILES string of the molecule is O=C(O)c1cn(CCF)c2c(F)c(N3CC4NCCC(F)(F)C4C3)c(F)cc2c1=O. The highest BCUT2D eigenvalue weighted by atomic mass is 19.3. The zero-order chi connectivity index (χ0) is 21.8. The molecule has 1 aromatic heterocycles. The number of aromatic nitrogens is 1. The van der Waals surface area contributed by atoms with Gasteiger partial charge in [0, 0.05) is 38.3 Å². The van der Waals surface area contributed by atoms with Crippen LogP contribution in [0.25, 0.3) is 10.9 Å². The lowest BCUT2D eigenvalue weighted by molar-refractivity contribution is -0.0811. The molecular formula is C19H18F5N3O3. The molecule has 2 aromatic rings. The van der Waals surface area contributed by atoms with Gasteiger partial charge in [-0.2, -0.15) is 0 Å². The van der Waals surface area contributed by atoms with Gasteiger partial charge < -0.3 is 19.9 Å². The van der Waals surface area contributed by atoms with Crippen LogP contribution in [0.4, 0.5) is 27.6 Å². The molecule has 2 saturated heterocycles. The molecule has 2 N–H and O–H groups in total. The molecule has 4 rings (SSSR count). The molecule has 0 amide bonds. The van der Waals surface area contributed by atoms with E-state index in [1.165, 1.54) is 0 Å². The fourth-order valence-electron chi connectivity index (χ4n) is 4.42. The topological polar surface area (TPSA) is 74.6 Å². The van der Waals surface area contributed by atoms with Crippen molar-refractivity contribution in [2.75, 3.05) is 31.2 Å². The number of hydrogen-bond donors (Lipinski definition) is 2. The number of aryl methyl sites for hydroxylation is 1. The summed E-state index contributed by atoms with van der Waals surface area (Å²) >= 11 is 0. The number of aromatic carboxylic acids is 1. The lowest BCUT2D eigenvalue weighted by Crippen LogP contribution is -2.51. The molecule has 0 radical (unpaired) electrons. The number of pyridine rings is 1. The van der Waals surface area contributed by atoms with Crippen LogP contribution in [0.1, 0.15) is 16.8 Å². The average molecular weight is 431 g/mol. The Balaban J connectivity index is 1.88. The number of rotatable bonds is 4. The largest absolute Gasteiger partial charge is 0.477 e. The maximum atomic E-state index is 15.4. The van der Waals surface area contributed by atoms with Gasteiger partial charge in [-0.15, -0.1) is 0 Å². The molecule has 6 nitrogen and oxygen atoms in total. The molecule has 30 heavy (non-hydrogen) atoms. The molecule has 2 fully saturated rings. The number of benzene rings is 1. The van der Waals surface area contributed by atoms with Gasteiger partial charge in [-0.05, 0) is 6.07 Å². The summed E-state index contributed by atoms with van der Waals surface area (Å²) < 4.78 is 72.7. The fraction of sp³-hybridized carbons (Fsp3) is 0.474. The van der Waals surface area contributed by atoms with Crippen LogP contribution < -0.4 is 15.6 Å². The van der Waals surface area contributed by atoms with Crippen LogP contribution >= 0.6 is 0 Å². The normalized spacial score (nSPS) is 23.0. The monoisotopic (exact) mass is 431 g/mol. The third-order valence-corrected chi connectivity index (χ3v) is 5.83. The Labute approximate surface area is 166 Å². The highest BCUT2D eigenvalue weighted by Gasteiger charge is 2.52. The Bertz CT molecular complexity index is 1090. The molecule has 0 aliphatic carbocycles. The minimum Gasteiger partial charge on any atom is -0.477 e. The second-order valence-electron chi connectivity index (χ2n) is 7.56. The van der Waals surface area contributed by atoms with E-state index in [0.29, 0.717) is 6.07 Å². The molecular weight excluding hydrogens is 413 g/mol. The number of carboxylic acids is 1. The van der Waals surface area contributed by atoms with Crippen LogP contribution in [0, 0.1) is 17.6 Å². The molecule has 0 spiro atoms. The number of anilines is 1. The van der Waals surface area contributed by atoms with E-state index in [4.69, 9.17) is 0 Å². The number of halogens is 5. The number of carbonyl (C=O) groups is 1. The van der Waals surface area contributed by atoms with Crippen molar-refractivity contribution in [1.82, 2.24) is 9.88 Å². The van der Waals surface area contributed by atoms with E-state index in [1.807, 2.05) is 0 Å². The molecule has 1 aromatic carbocycles. The molecule has 3 heterocycles. The van der Waals surface area contributed by atoms with E-state index >= 15 is 4.39 Å². The van der Waals surface area contributed by atoms with E-state index in [-0.39, 0.29) is 26.1 Å². The van der Waals surface area contributed by atoms with Crippen molar-refractivity contribution >= 4 is 22.6 Å². The van der Waals surface area contributed by atoms with Crippen LogP contribution in [0.15, 0.2) is 17.1 Å². The van der Waals surface area contributed by atoms with E-state index in [0.717, 1.165) is 15.7 Å². The highest BCUT2D eigenvalue weighted by Crippen LogP contribution is 2.41. The Hall–Kier alpha value is -2.69. The number of nitrogens with one attached hydrogen (secondary N) is 1. The number of piperidine rings is 1. The van der Waals surface area contributed by atoms with Crippen LogP contribution in [-0.2, 0) is 6.54 Å². The van der Waals surface area contributed by atoms with E-state index in [9.17, 15) is 32.3 Å². The first-order chi connectivity index (χ1) is 14.2. The van der Waals surface area contributed by atoms with Crippen LogP contribution in [0.3, 0.4) is 0 Å². The van der Waals surface area contributed by atoms with E-state index in [1.54, 1.807) is 0 Å². The quantitative estimate of drug-likeness (QED) is 0.728. The van der Waals surface area contributed by atoms with Crippen molar-refractivity contribution in [3.63, 3.8) is 0 Å². The molecule has 2 atom stereocenters. The first-order valence-corrected chi connectivity index (χ1v) is 9.36. The molecule has 0 bridgehead atoms. The van der Waals surface area contributed by atoms with Crippen molar-refractivity contribution in [2.24, 2.45) is 5.92 Å². The van der Waals surface area contributed by atoms with Gasteiger partial charge in [-0.25, -0.2) is 26.7 Å². The number of alkyl halides is 3. The number of hydrogen-bond acceptors (Lipinski definition) is 4. The first-order valence-electron chi connectivity index (χ1n) is 9.36. The number of fused-ring (bicyclic) bond motifs is 2. The van der Waals surface area contributed by atoms with Gasteiger partial charge in [0.05, 0.1) is 23.4 Å². The third-order valence-electron chi connectivity index (χ3n) is 5.83. The Morgan fingerprint density at radius 2 is 2.03 bits per heavy atom. The summed E-state index contributed by atoms with van der Waals surface area (Å²) in [6, 6.07) is 0.0239. The molecule has 2 unspecified atom stereocenters. The third kappa shape index (κ3) is 3.11. The van der Waals surface area contributed by atoms with Gasteiger partial charge in [-0.3, -0.25) is 4.79 Å². The molecule has 11 heteroatoms. The second kappa shape index (κ2) is 7.22.